The number of hydrogen-bond acceptors (Lipinski definition) is 7. The van der Waals surface area contributed by atoms with Crippen LogP contribution in [0, 0.1) is 5.92 Å². The van der Waals surface area contributed by atoms with Crippen molar-refractivity contribution in [3.63, 3.8) is 0 Å². The normalized spacial score (nSPS) is 20.4. The summed E-state index contributed by atoms with van der Waals surface area (Å²) in [7, 11) is 0. The minimum absolute atomic E-state index is 0.0115. The average Bonchev–Trinajstić information content (AvgIpc) is 3.62. The number of carbonyl (C=O) groups excluding carboxylic acids is 2. The third-order valence-corrected chi connectivity index (χ3v) is 7.23. The Morgan fingerprint density at radius 2 is 1.84 bits per heavy atom. The largest absolute Gasteiger partial charge is 0.383 e. The number of aromatic nitrogens is 5. The van der Waals surface area contributed by atoms with Crippen molar-refractivity contribution in [2.45, 2.75) is 31.8 Å². The SMILES string of the molecule is C=C(C)C(=O)N1C[C@H]2CC(n3nc(-c4ccc(C(=O)Nc5ccccn5)cc4)c4c(N)ncnc43)[C@H]1C2. The molecule has 0 spiro atoms. The van der Waals surface area contributed by atoms with Crippen molar-refractivity contribution in [2.75, 3.05) is 17.6 Å². The zero-order valence-electron chi connectivity index (χ0n) is 20.3. The molecule has 1 unspecified atom stereocenters. The number of likely N-dealkylation sites (tertiary alicyclic amines) is 1. The molecule has 2 fully saturated rings. The van der Waals surface area contributed by atoms with E-state index in [-0.39, 0.29) is 23.9 Å². The number of anilines is 2. The lowest BCUT2D eigenvalue weighted by molar-refractivity contribution is -0.129. The molecule has 0 radical (unpaired) electrons. The maximum atomic E-state index is 12.8. The molecule has 1 aromatic carbocycles. The molecule has 10 heteroatoms. The molecule has 3 atom stereocenters. The Bertz CT molecular complexity index is 1530. The Hall–Kier alpha value is -4.60. The van der Waals surface area contributed by atoms with Gasteiger partial charge in [-0.3, -0.25) is 9.59 Å². The van der Waals surface area contributed by atoms with Crippen LogP contribution < -0.4 is 11.1 Å². The second-order valence-corrected chi connectivity index (χ2v) is 9.71. The van der Waals surface area contributed by atoms with Crippen molar-refractivity contribution >= 4 is 34.5 Å². The van der Waals surface area contributed by atoms with Gasteiger partial charge in [-0.05, 0) is 49.9 Å². The number of fused-ring (bicyclic) bond motifs is 3. The smallest absolute Gasteiger partial charge is 0.256 e. The van der Waals surface area contributed by atoms with Gasteiger partial charge in [-0.1, -0.05) is 24.8 Å². The van der Waals surface area contributed by atoms with Gasteiger partial charge in [-0.2, -0.15) is 5.10 Å². The van der Waals surface area contributed by atoms with Crippen LogP contribution >= 0.6 is 0 Å². The summed E-state index contributed by atoms with van der Waals surface area (Å²) in [5, 5.41) is 8.41. The molecular formula is C27H26N8O2. The number of rotatable bonds is 5. The van der Waals surface area contributed by atoms with E-state index in [9.17, 15) is 9.59 Å². The summed E-state index contributed by atoms with van der Waals surface area (Å²) in [5.74, 6) is 0.963. The van der Waals surface area contributed by atoms with Crippen LogP contribution in [0.3, 0.4) is 0 Å². The predicted octanol–water partition coefficient (Wildman–Crippen LogP) is 3.46. The van der Waals surface area contributed by atoms with Crippen molar-refractivity contribution in [1.82, 2.24) is 29.6 Å². The van der Waals surface area contributed by atoms with Crippen LogP contribution in [0.1, 0.15) is 36.2 Å². The van der Waals surface area contributed by atoms with E-state index in [2.05, 4.69) is 26.8 Å². The highest BCUT2D eigenvalue weighted by molar-refractivity contribution is 6.04. The lowest BCUT2D eigenvalue weighted by Gasteiger charge is -2.33. The van der Waals surface area contributed by atoms with E-state index in [0.717, 1.165) is 24.9 Å². The third kappa shape index (κ3) is 3.90. The number of pyridine rings is 1. The fraction of sp³-hybridized carbons (Fsp3) is 0.259. The number of nitrogens with two attached hydrogens (primary N) is 1. The Morgan fingerprint density at radius 3 is 2.54 bits per heavy atom. The highest BCUT2D eigenvalue weighted by atomic mass is 16.2. The van der Waals surface area contributed by atoms with Crippen molar-refractivity contribution in [2.24, 2.45) is 5.92 Å². The fourth-order valence-corrected chi connectivity index (χ4v) is 5.57. The van der Waals surface area contributed by atoms with Gasteiger partial charge in [-0.15, -0.1) is 0 Å². The lowest BCUT2D eigenvalue weighted by Crippen LogP contribution is -2.43. The maximum Gasteiger partial charge on any atom is 0.256 e. The molecule has 3 N–H and O–H groups in total. The minimum Gasteiger partial charge on any atom is -0.383 e. The van der Waals surface area contributed by atoms with Gasteiger partial charge >= 0.3 is 0 Å². The van der Waals surface area contributed by atoms with Gasteiger partial charge in [0, 0.05) is 29.4 Å². The second kappa shape index (κ2) is 8.81. The van der Waals surface area contributed by atoms with Gasteiger partial charge in [-0.25, -0.2) is 19.6 Å². The molecule has 3 aromatic heterocycles. The molecule has 4 aromatic rings. The monoisotopic (exact) mass is 494 g/mol. The molecule has 2 bridgehead atoms. The highest BCUT2D eigenvalue weighted by Crippen LogP contribution is 2.46. The van der Waals surface area contributed by atoms with E-state index in [4.69, 9.17) is 10.8 Å². The molecule has 186 valence electrons. The van der Waals surface area contributed by atoms with Crippen LogP contribution in [-0.4, -0.2) is 54.0 Å². The zero-order chi connectivity index (χ0) is 25.7. The summed E-state index contributed by atoms with van der Waals surface area (Å²) < 4.78 is 1.91. The molecule has 1 aliphatic heterocycles. The van der Waals surface area contributed by atoms with E-state index in [1.54, 1.807) is 37.4 Å². The molecule has 10 nitrogen and oxygen atoms in total. The van der Waals surface area contributed by atoms with E-state index < -0.39 is 0 Å². The minimum atomic E-state index is -0.257. The Kier molecular flexibility index (Phi) is 5.44. The predicted molar refractivity (Wildman–Crippen MR) is 139 cm³/mol. The Labute approximate surface area is 213 Å². The van der Waals surface area contributed by atoms with Crippen LogP contribution in [-0.2, 0) is 4.79 Å². The quantitative estimate of drug-likeness (QED) is 0.406. The first-order valence-electron chi connectivity index (χ1n) is 12.2. The van der Waals surface area contributed by atoms with Gasteiger partial charge in [0.2, 0.25) is 5.91 Å². The van der Waals surface area contributed by atoms with Crippen LogP contribution in [0.15, 0.2) is 67.1 Å². The van der Waals surface area contributed by atoms with Gasteiger partial charge in [0.1, 0.15) is 23.7 Å². The first-order chi connectivity index (χ1) is 17.9. The summed E-state index contributed by atoms with van der Waals surface area (Å²) in [5.41, 5.74) is 9.41. The van der Waals surface area contributed by atoms with Crippen LogP contribution in [0.4, 0.5) is 11.6 Å². The molecular weight excluding hydrogens is 468 g/mol. The molecule has 1 aliphatic carbocycles. The number of piperidine rings is 1. The molecule has 2 aliphatic rings. The number of nitrogens with one attached hydrogen (secondary N) is 1. The molecule has 1 saturated carbocycles. The molecule has 37 heavy (non-hydrogen) atoms. The summed E-state index contributed by atoms with van der Waals surface area (Å²) in [6.07, 6.45) is 4.91. The number of carbonyl (C=O) groups is 2. The van der Waals surface area contributed by atoms with Crippen molar-refractivity contribution in [3.8, 4) is 11.3 Å². The third-order valence-electron chi connectivity index (χ3n) is 7.23. The summed E-state index contributed by atoms with van der Waals surface area (Å²) in [6.45, 7) is 6.34. The number of benzene rings is 1. The fourth-order valence-electron chi connectivity index (χ4n) is 5.57. The van der Waals surface area contributed by atoms with E-state index in [1.807, 2.05) is 27.8 Å². The van der Waals surface area contributed by atoms with E-state index in [1.165, 1.54) is 6.33 Å². The standard InChI is InChI=1S/C27H26N8O2/c1-15(2)27(37)34-13-16-11-19(34)20(12-16)35-25-22(24(28)30-14-31-25)23(33-35)17-6-8-18(9-7-17)26(36)32-21-5-3-4-10-29-21/h3-10,14,16,19-20H,1,11-13H2,2H3,(H2,28,30,31)(H,29,32,36)/t16-,19-,20?/m1/s1. The molecule has 1 saturated heterocycles. The zero-order valence-corrected chi connectivity index (χ0v) is 20.3. The van der Waals surface area contributed by atoms with Gasteiger partial charge in [0.05, 0.1) is 17.5 Å². The highest BCUT2D eigenvalue weighted by Gasteiger charge is 2.48. The van der Waals surface area contributed by atoms with Gasteiger partial charge in [0.25, 0.3) is 5.91 Å². The summed E-state index contributed by atoms with van der Waals surface area (Å²) in [4.78, 5) is 40.2. The van der Waals surface area contributed by atoms with E-state index >= 15 is 0 Å². The molecule has 2 amide bonds. The summed E-state index contributed by atoms with van der Waals surface area (Å²) >= 11 is 0. The number of nitrogens with zero attached hydrogens (tertiary/aromatic N) is 6. The first-order valence-corrected chi connectivity index (χ1v) is 12.2. The van der Waals surface area contributed by atoms with Crippen LogP contribution in [0.25, 0.3) is 22.3 Å². The molecule has 6 rings (SSSR count). The van der Waals surface area contributed by atoms with Gasteiger partial charge in [0.15, 0.2) is 5.65 Å². The molecule has 4 heterocycles. The maximum absolute atomic E-state index is 12.8. The van der Waals surface area contributed by atoms with E-state index in [0.29, 0.717) is 45.4 Å². The van der Waals surface area contributed by atoms with Crippen molar-refractivity contribution in [3.05, 3.63) is 72.7 Å². The van der Waals surface area contributed by atoms with Crippen LogP contribution in [0.5, 0.6) is 0 Å². The van der Waals surface area contributed by atoms with Crippen molar-refractivity contribution < 1.29 is 9.59 Å². The topological polar surface area (TPSA) is 132 Å². The summed E-state index contributed by atoms with van der Waals surface area (Å²) in [6, 6.07) is 12.5. The van der Waals surface area contributed by atoms with Crippen molar-refractivity contribution in [1.29, 1.82) is 0 Å². The number of amides is 2. The second-order valence-electron chi connectivity index (χ2n) is 9.71. The Morgan fingerprint density at radius 1 is 1.05 bits per heavy atom. The number of hydrogen-bond donors (Lipinski definition) is 2. The van der Waals surface area contributed by atoms with Crippen LogP contribution in [0.2, 0.25) is 0 Å². The first kappa shape index (κ1) is 22.8. The Balaban J connectivity index is 1.34. The average molecular weight is 495 g/mol. The van der Waals surface area contributed by atoms with Gasteiger partial charge < -0.3 is 16.0 Å². The lowest BCUT2D eigenvalue weighted by atomic mass is 10.0. The number of nitrogen functional groups attached to an aromatic ring is 1.